The molecule has 0 aliphatic carbocycles. The summed E-state index contributed by atoms with van der Waals surface area (Å²) in [6.07, 6.45) is 1.00. The number of carbonyl (C=O) groups is 2. The van der Waals surface area contributed by atoms with Crippen LogP contribution in [0.2, 0.25) is 19.6 Å². The van der Waals surface area contributed by atoms with E-state index in [1.807, 2.05) is 18.2 Å². The van der Waals surface area contributed by atoms with Crippen LogP contribution in [0.4, 0.5) is 0 Å². The lowest BCUT2D eigenvalue weighted by molar-refractivity contribution is -0.141. The molecule has 0 aliphatic heterocycles. The molecule has 0 spiro atoms. The first-order valence-corrected chi connectivity index (χ1v) is 14.7. The molecule has 0 saturated carbocycles. The minimum absolute atomic E-state index is 0.0778. The minimum Gasteiger partial charge on any atom is -0.491 e. The fourth-order valence-corrected chi connectivity index (χ4v) is 5.78. The number of aliphatic hydroxyl groups is 1. The molecule has 2 atom stereocenters. The van der Waals surface area contributed by atoms with Crippen LogP contribution in [-0.4, -0.2) is 67.3 Å². The third kappa shape index (κ3) is 17.2. The van der Waals surface area contributed by atoms with Gasteiger partial charge in [0.1, 0.15) is 25.1 Å². The second-order valence-corrected chi connectivity index (χ2v) is 13.6. The summed E-state index contributed by atoms with van der Waals surface area (Å²) in [5.41, 5.74) is 0.737. The molecule has 0 radical (unpaired) electrons. The molecule has 9 heteroatoms. The Morgan fingerprint density at radius 1 is 1.16 bits per heavy atom. The number of hydrogen-bond donors (Lipinski definition) is 1. The Hall–Kier alpha value is -2.21. The summed E-state index contributed by atoms with van der Waals surface area (Å²) in [6, 6.07) is 9.10. The van der Waals surface area contributed by atoms with Gasteiger partial charge in [0.25, 0.3) is 0 Å². The Morgan fingerprint density at radius 2 is 1.77 bits per heavy atom. The number of para-hydroxylation sites is 1. The first-order valence-electron chi connectivity index (χ1n) is 10.1. The fourth-order valence-electron chi connectivity index (χ4n) is 2.10. The Morgan fingerprint density at radius 3 is 2.29 bits per heavy atom. The molecule has 1 aromatic carbocycles. The SMILES string of the molecule is C=C(C)C(=O)OCCC([SiH3])O[Si](C)(C)C.C=CC(=O)OCC(O)COc1ccccc1. The Kier molecular flexibility index (Phi) is 14.5. The molecule has 0 fully saturated rings. The number of benzene rings is 1. The largest absolute Gasteiger partial charge is 0.491 e. The van der Waals surface area contributed by atoms with Gasteiger partial charge >= 0.3 is 11.9 Å². The monoisotopic (exact) mass is 468 g/mol. The molecule has 0 bridgehead atoms. The van der Waals surface area contributed by atoms with Crippen LogP contribution in [0.25, 0.3) is 0 Å². The number of ether oxygens (including phenoxy) is 3. The number of rotatable bonds is 12. The Bertz CT molecular complexity index is 687. The van der Waals surface area contributed by atoms with Gasteiger partial charge in [-0.05, 0) is 38.7 Å². The maximum atomic E-state index is 11.1. The summed E-state index contributed by atoms with van der Waals surface area (Å²) in [4.78, 5) is 21.8. The van der Waals surface area contributed by atoms with Crippen molar-refractivity contribution >= 4 is 30.5 Å². The lowest BCUT2D eigenvalue weighted by Crippen LogP contribution is -2.33. The molecule has 1 N–H and O–H groups in total. The summed E-state index contributed by atoms with van der Waals surface area (Å²) in [5.74, 6) is -0.202. The lowest BCUT2D eigenvalue weighted by atomic mass is 10.3. The number of carbonyl (C=O) groups excluding carboxylic acids is 2. The van der Waals surface area contributed by atoms with Crippen molar-refractivity contribution in [1.29, 1.82) is 0 Å². The van der Waals surface area contributed by atoms with Crippen LogP contribution in [0.5, 0.6) is 5.75 Å². The van der Waals surface area contributed by atoms with Gasteiger partial charge < -0.3 is 23.7 Å². The molecule has 0 aromatic heterocycles. The Labute approximate surface area is 189 Å². The first-order chi connectivity index (χ1) is 14.4. The van der Waals surface area contributed by atoms with E-state index < -0.39 is 20.4 Å². The van der Waals surface area contributed by atoms with Gasteiger partial charge in [0.05, 0.1) is 6.61 Å². The smallest absolute Gasteiger partial charge is 0.333 e. The highest BCUT2D eigenvalue weighted by Gasteiger charge is 2.18. The van der Waals surface area contributed by atoms with E-state index in [9.17, 15) is 14.7 Å². The maximum Gasteiger partial charge on any atom is 0.333 e. The molecule has 1 aromatic rings. The molecule has 0 heterocycles. The summed E-state index contributed by atoms with van der Waals surface area (Å²) >= 11 is 0. The van der Waals surface area contributed by atoms with Gasteiger partial charge in [-0.2, -0.15) is 0 Å². The van der Waals surface area contributed by atoms with Gasteiger partial charge in [-0.1, -0.05) is 31.4 Å². The molecular formula is C22H36O7Si2. The predicted octanol–water partition coefficient (Wildman–Crippen LogP) is 2.19. The fraction of sp³-hybridized carbons (Fsp3) is 0.455. The van der Waals surface area contributed by atoms with E-state index in [2.05, 4.69) is 37.5 Å². The van der Waals surface area contributed by atoms with E-state index in [4.69, 9.17) is 13.9 Å². The Balaban J connectivity index is 0.000000582. The van der Waals surface area contributed by atoms with E-state index >= 15 is 0 Å². The third-order valence-electron chi connectivity index (χ3n) is 3.43. The molecule has 174 valence electrons. The third-order valence-corrected chi connectivity index (χ3v) is 5.82. The van der Waals surface area contributed by atoms with Crippen molar-refractivity contribution in [2.75, 3.05) is 19.8 Å². The van der Waals surface area contributed by atoms with Gasteiger partial charge in [-0.25, -0.2) is 9.59 Å². The van der Waals surface area contributed by atoms with E-state index in [0.29, 0.717) is 17.9 Å². The van der Waals surface area contributed by atoms with Crippen LogP contribution in [0, 0.1) is 0 Å². The average molecular weight is 469 g/mol. The van der Waals surface area contributed by atoms with Gasteiger partial charge in [-0.3, -0.25) is 0 Å². The second-order valence-electron chi connectivity index (χ2n) is 7.86. The molecular weight excluding hydrogens is 432 g/mol. The quantitative estimate of drug-likeness (QED) is 0.286. The van der Waals surface area contributed by atoms with Crippen LogP contribution in [-0.2, 0) is 23.5 Å². The van der Waals surface area contributed by atoms with E-state index in [-0.39, 0.29) is 24.9 Å². The number of aliphatic hydroxyl groups excluding tert-OH is 1. The molecule has 2 unspecified atom stereocenters. The first kappa shape index (κ1) is 28.8. The molecule has 7 nitrogen and oxygen atoms in total. The highest BCUT2D eigenvalue weighted by molar-refractivity contribution is 6.70. The van der Waals surface area contributed by atoms with Crippen molar-refractivity contribution in [3.05, 3.63) is 55.1 Å². The zero-order valence-electron chi connectivity index (χ0n) is 19.3. The summed E-state index contributed by atoms with van der Waals surface area (Å²) in [6.45, 7) is 15.3. The zero-order chi connectivity index (χ0) is 23.9. The van der Waals surface area contributed by atoms with E-state index in [0.717, 1.165) is 22.7 Å². The lowest BCUT2D eigenvalue weighted by Gasteiger charge is -2.23. The molecule has 1 rings (SSSR count). The summed E-state index contributed by atoms with van der Waals surface area (Å²) in [7, 11) is -0.468. The number of esters is 2. The van der Waals surface area contributed by atoms with Gasteiger partial charge in [0.15, 0.2) is 8.32 Å². The highest BCUT2D eigenvalue weighted by atomic mass is 28.4. The van der Waals surface area contributed by atoms with Gasteiger partial charge in [0, 0.05) is 34.0 Å². The predicted molar refractivity (Wildman–Crippen MR) is 128 cm³/mol. The van der Waals surface area contributed by atoms with Crippen LogP contribution >= 0.6 is 0 Å². The number of hydrogen-bond acceptors (Lipinski definition) is 7. The van der Waals surface area contributed by atoms with E-state index in [1.54, 1.807) is 19.1 Å². The van der Waals surface area contributed by atoms with Crippen molar-refractivity contribution in [1.82, 2.24) is 0 Å². The normalized spacial score (nSPS) is 12.5. The summed E-state index contributed by atoms with van der Waals surface area (Å²) < 4.78 is 20.8. The van der Waals surface area contributed by atoms with Crippen LogP contribution in [0.15, 0.2) is 55.1 Å². The molecule has 31 heavy (non-hydrogen) atoms. The van der Waals surface area contributed by atoms with E-state index in [1.165, 1.54) is 0 Å². The maximum absolute atomic E-state index is 11.1. The van der Waals surface area contributed by atoms with Crippen molar-refractivity contribution in [2.24, 2.45) is 0 Å². The van der Waals surface area contributed by atoms with Crippen LogP contribution in [0.1, 0.15) is 13.3 Å². The molecule has 0 saturated heterocycles. The topological polar surface area (TPSA) is 91.3 Å². The average Bonchev–Trinajstić information content (AvgIpc) is 2.70. The summed E-state index contributed by atoms with van der Waals surface area (Å²) in [5, 5.41) is 9.42. The minimum atomic E-state index is -1.44. The van der Waals surface area contributed by atoms with Crippen molar-refractivity contribution in [3.63, 3.8) is 0 Å². The van der Waals surface area contributed by atoms with Gasteiger partial charge in [0.2, 0.25) is 0 Å². The standard InChI is InChI=1S/C12H14O4.C10H22O3Si2/c1-2-12(14)16-9-10(13)8-15-11-6-4-3-5-7-11;1-8(2)10(11)12-7-6-9(14)13-15(3,4)5/h2-7,10,13H,1,8-9H2;9H,1,6-7H2,2-5,14H3. The van der Waals surface area contributed by atoms with Crippen LogP contribution < -0.4 is 4.74 Å². The second kappa shape index (κ2) is 15.6. The highest BCUT2D eigenvalue weighted by Crippen LogP contribution is 2.09. The van der Waals surface area contributed by atoms with Gasteiger partial charge in [-0.15, -0.1) is 0 Å². The van der Waals surface area contributed by atoms with Crippen molar-refractivity contribution in [2.45, 2.75) is 44.8 Å². The molecule has 0 amide bonds. The zero-order valence-corrected chi connectivity index (χ0v) is 22.3. The van der Waals surface area contributed by atoms with Crippen LogP contribution in [0.3, 0.4) is 0 Å². The van der Waals surface area contributed by atoms with Crippen molar-refractivity contribution in [3.8, 4) is 5.75 Å². The molecule has 0 aliphatic rings. The van der Waals surface area contributed by atoms with Crippen molar-refractivity contribution < 1.29 is 33.3 Å².